The molecule has 1 saturated heterocycles. The van der Waals surface area contributed by atoms with Gasteiger partial charge in [0.2, 0.25) is 0 Å². The maximum Gasteiger partial charge on any atom is 0.148 e. The number of halogens is 1. The van der Waals surface area contributed by atoms with Gasteiger partial charge in [-0.2, -0.15) is 0 Å². The average molecular weight is 333 g/mol. The molecule has 0 unspecified atom stereocenters. The summed E-state index contributed by atoms with van der Waals surface area (Å²) in [4.78, 5) is 2.41. The quantitative estimate of drug-likeness (QED) is 0.912. The van der Waals surface area contributed by atoms with Crippen LogP contribution in [0.15, 0.2) is 36.4 Å². The summed E-state index contributed by atoms with van der Waals surface area (Å²) in [7, 11) is 0. The van der Waals surface area contributed by atoms with Crippen molar-refractivity contribution >= 4 is 17.4 Å². The number of ether oxygens (including phenoxy) is 1. The fourth-order valence-electron chi connectivity index (χ4n) is 2.60. The third kappa shape index (κ3) is 4.64. The number of nitrogens with one attached hydrogen (secondary N) is 1. The van der Waals surface area contributed by atoms with Gasteiger partial charge in [-0.25, -0.2) is 0 Å². The van der Waals surface area contributed by atoms with Crippen LogP contribution >= 0.6 is 11.6 Å². The molecular weight excluding hydrogens is 312 g/mol. The van der Waals surface area contributed by atoms with Crippen LogP contribution in [0.25, 0.3) is 11.3 Å². The minimum atomic E-state index is 0.686. The predicted molar refractivity (Wildman–Crippen MR) is 92.8 cm³/mol. The monoisotopic (exact) mass is 332 g/mol. The standard InChI is InChI=1S/C17H21ClN4O/c18-15-5-2-1-4-14(15)16-6-7-17(21-20-16)19-8-10-22-9-3-12-23-13-11-22/h1-2,4-7H,3,8-13H2,(H,19,21). The third-order valence-electron chi connectivity index (χ3n) is 3.86. The normalized spacial score (nSPS) is 16.0. The van der Waals surface area contributed by atoms with E-state index in [9.17, 15) is 0 Å². The van der Waals surface area contributed by atoms with Crippen molar-refractivity contribution in [1.29, 1.82) is 0 Å². The lowest BCUT2D eigenvalue weighted by Gasteiger charge is -2.19. The number of hydrogen-bond acceptors (Lipinski definition) is 5. The molecule has 122 valence electrons. The van der Waals surface area contributed by atoms with Gasteiger partial charge >= 0.3 is 0 Å². The maximum absolute atomic E-state index is 6.18. The highest BCUT2D eigenvalue weighted by Crippen LogP contribution is 2.25. The maximum atomic E-state index is 6.18. The van der Waals surface area contributed by atoms with Gasteiger partial charge in [0.05, 0.1) is 17.3 Å². The largest absolute Gasteiger partial charge is 0.380 e. The van der Waals surface area contributed by atoms with Crippen LogP contribution < -0.4 is 5.32 Å². The molecule has 1 fully saturated rings. The van der Waals surface area contributed by atoms with Crippen molar-refractivity contribution in [3.05, 3.63) is 41.4 Å². The van der Waals surface area contributed by atoms with Gasteiger partial charge in [-0.05, 0) is 24.6 Å². The van der Waals surface area contributed by atoms with E-state index in [1.54, 1.807) is 0 Å². The second kappa shape index (κ2) is 8.24. The van der Waals surface area contributed by atoms with Crippen molar-refractivity contribution in [1.82, 2.24) is 15.1 Å². The van der Waals surface area contributed by atoms with Gasteiger partial charge in [-0.1, -0.05) is 29.8 Å². The number of hydrogen-bond donors (Lipinski definition) is 1. The Kier molecular flexibility index (Phi) is 5.80. The molecule has 6 heteroatoms. The highest BCUT2D eigenvalue weighted by molar-refractivity contribution is 6.33. The Bertz CT molecular complexity index is 612. The molecule has 1 aromatic heterocycles. The van der Waals surface area contributed by atoms with Gasteiger partial charge in [0.15, 0.2) is 0 Å². The van der Waals surface area contributed by atoms with Gasteiger partial charge in [-0.15, -0.1) is 10.2 Å². The summed E-state index contributed by atoms with van der Waals surface area (Å²) in [6, 6.07) is 11.5. The molecule has 1 aromatic carbocycles. The van der Waals surface area contributed by atoms with E-state index in [0.29, 0.717) is 5.02 Å². The Morgan fingerprint density at radius 1 is 1.09 bits per heavy atom. The topological polar surface area (TPSA) is 50.3 Å². The third-order valence-corrected chi connectivity index (χ3v) is 4.19. The zero-order valence-corrected chi connectivity index (χ0v) is 13.8. The Morgan fingerprint density at radius 3 is 2.83 bits per heavy atom. The van der Waals surface area contributed by atoms with Gasteiger partial charge in [-0.3, -0.25) is 4.90 Å². The molecule has 2 aromatic rings. The second-order valence-electron chi connectivity index (χ2n) is 5.52. The molecule has 0 aliphatic carbocycles. The minimum absolute atomic E-state index is 0.686. The van der Waals surface area contributed by atoms with Crippen molar-refractivity contribution in [2.45, 2.75) is 6.42 Å². The van der Waals surface area contributed by atoms with E-state index < -0.39 is 0 Å². The van der Waals surface area contributed by atoms with E-state index in [4.69, 9.17) is 16.3 Å². The van der Waals surface area contributed by atoms with Gasteiger partial charge in [0.1, 0.15) is 5.82 Å². The zero-order valence-electron chi connectivity index (χ0n) is 13.0. The molecule has 3 rings (SSSR count). The smallest absolute Gasteiger partial charge is 0.148 e. The lowest BCUT2D eigenvalue weighted by Crippen LogP contribution is -2.31. The van der Waals surface area contributed by atoms with Crippen LogP contribution in [0, 0.1) is 0 Å². The first-order valence-corrected chi connectivity index (χ1v) is 8.33. The molecule has 0 radical (unpaired) electrons. The number of benzene rings is 1. The SMILES string of the molecule is Clc1ccccc1-c1ccc(NCCN2CCCOCC2)nn1. The fourth-order valence-corrected chi connectivity index (χ4v) is 2.84. The van der Waals surface area contributed by atoms with Crippen molar-refractivity contribution in [3.63, 3.8) is 0 Å². The molecule has 1 aliphatic rings. The molecule has 5 nitrogen and oxygen atoms in total. The molecule has 1 aliphatic heterocycles. The lowest BCUT2D eigenvalue weighted by molar-refractivity contribution is 0.142. The minimum Gasteiger partial charge on any atom is -0.380 e. The van der Waals surface area contributed by atoms with Crippen LogP contribution in [0.5, 0.6) is 0 Å². The van der Waals surface area contributed by atoms with Crippen molar-refractivity contribution < 1.29 is 4.74 Å². The van der Waals surface area contributed by atoms with Crippen molar-refractivity contribution in [2.24, 2.45) is 0 Å². The van der Waals surface area contributed by atoms with E-state index in [0.717, 1.165) is 62.9 Å². The lowest BCUT2D eigenvalue weighted by atomic mass is 10.1. The van der Waals surface area contributed by atoms with Crippen LogP contribution in [0.2, 0.25) is 5.02 Å². The Morgan fingerprint density at radius 2 is 2.00 bits per heavy atom. The molecule has 0 amide bonds. The summed E-state index contributed by atoms with van der Waals surface area (Å²) in [5.41, 5.74) is 1.68. The van der Waals surface area contributed by atoms with E-state index >= 15 is 0 Å². The summed E-state index contributed by atoms with van der Waals surface area (Å²) in [6.07, 6.45) is 1.10. The Labute approximate surface area is 141 Å². The summed E-state index contributed by atoms with van der Waals surface area (Å²) in [5.74, 6) is 0.784. The van der Waals surface area contributed by atoms with Crippen molar-refractivity contribution in [3.8, 4) is 11.3 Å². The van der Waals surface area contributed by atoms with Crippen molar-refractivity contribution in [2.75, 3.05) is 44.7 Å². The summed E-state index contributed by atoms with van der Waals surface area (Å²) in [6.45, 7) is 5.63. The van der Waals surface area contributed by atoms with Gasteiger partial charge in [0.25, 0.3) is 0 Å². The summed E-state index contributed by atoms with van der Waals surface area (Å²) in [5, 5.41) is 12.5. The Balaban J connectivity index is 1.52. The van der Waals surface area contributed by atoms with Crippen LogP contribution in [0.1, 0.15) is 6.42 Å². The average Bonchev–Trinajstić information content (AvgIpc) is 2.85. The summed E-state index contributed by atoms with van der Waals surface area (Å²) >= 11 is 6.18. The predicted octanol–water partition coefficient (Wildman–Crippen LogP) is 2.93. The van der Waals surface area contributed by atoms with E-state index in [1.807, 2.05) is 36.4 Å². The van der Waals surface area contributed by atoms with Crippen LogP contribution in [-0.4, -0.2) is 54.5 Å². The van der Waals surface area contributed by atoms with E-state index in [2.05, 4.69) is 20.4 Å². The van der Waals surface area contributed by atoms with E-state index in [-0.39, 0.29) is 0 Å². The number of anilines is 1. The van der Waals surface area contributed by atoms with Gasteiger partial charge in [0, 0.05) is 38.3 Å². The zero-order chi connectivity index (χ0) is 15.9. The first-order valence-electron chi connectivity index (χ1n) is 7.95. The molecule has 0 bridgehead atoms. The Hall–Kier alpha value is -1.69. The molecule has 2 heterocycles. The highest BCUT2D eigenvalue weighted by atomic mass is 35.5. The second-order valence-corrected chi connectivity index (χ2v) is 5.93. The van der Waals surface area contributed by atoms with Crippen LogP contribution in [-0.2, 0) is 4.74 Å². The fraction of sp³-hybridized carbons (Fsp3) is 0.412. The molecule has 0 saturated carbocycles. The molecule has 0 atom stereocenters. The molecule has 23 heavy (non-hydrogen) atoms. The summed E-state index contributed by atoms with van der Waals surface area (Å²) < 4.78 is 5.46. The van der Waals surface area contributed by atoms with E-state index in [1.165, 1.54) is 0 Å². The first kappa shape index (κ1) is 16.2. The highest BCUT2D eigenvalue weighted by Gasteiger charge is 2.09. The molecule has 1 N–H and O–H groups in total. The van der Waals surface area contributed by atoms with Gasteiger partial charge < -0.3 is 10.1 Å². The molecular formula is C17H21ClN4O. The van der Waals surface area contributed by atoms with Crippen LogP contribution in [0.3, 0.4) is 0 Å². The first-order chi connectivity index (χ1) is 11.3. The number of nitrogens with zero attached hydrogens (tertiary/aromatic N) is 3. The number of rotatable bonds is 5. The molecule has 0 spiro atoms. The van der Waals surface area contributed by atoms with Crippen LogP contribution in [0.4, 0.5) is 5.82 Å². The number of aromatic nitrogens is 2.